The fraction of sp³-hybridized carbons (Fsp3) is 0.458. The molecule has 1 aromatic carbocycles. The van der Waals surface area contributed by atoms with E-state index in [1.165, 1.54) is 38.0 Å². The first-order valence-corrected chi connectivity index (χ1v) is 11.1. The van der Waals surface area contributed by atoms with Crippen molar-refractivity contribution >= 4 is 23.4 Å². The SMILES string of the molecule is COc1ccc(NC(=O)N(c2ccccc2C(C)(C)F)C2CCC(C(=O)O)CC2)c(OC(F)F)n1. The lowest BCUT2D eigenvalue weighted by Gasteiger charge is -2.38. The lowest BCUT2D eigenvalue weighted by Crippen LogP contribution is -2.46. The summed E-state index contributed by atoms with van der Waals surface area (Å²) in [6, 6.07) is 8.00. The number of carbonyl (C=O) groups excluding carboxylic acids is 1. The van der Waals surface area contributed by atoms with E-state index in [1.807, 2.05) is 0 Å². The number of hydrogen-bond acceptors (Lipinski definition) is 5. The molecule has 1 saturated carbocycles. The van der Waals surface area contributed by atoms with Gasteiger partial charge in [0.15, 0.2) is 0 Å². The number of carbonyl (C=O) groups is 2. The Bertz CT molecular complexity index is 1050. The molecule has 2 aromatic rings. The zero-order valence-corrected chi connectivity index (χ0v) is 19.6. The van der Waals surface area contributed by atoms with Gasteiger partial charge in [-0.1, -0.05) is 18.2 Å². The molecule has 3 rings (SSSR count). The Morgan fingerprint density at radius 3 is 2.37 bits per heavy atom. The summed E-state index contributed by atoms with van der Waals surface area (Å²) in [4.78, 5) is 30.2. The largest absolute Gasteiger partial charge is 0.481 e. The van der Waals surface area contributed by atoms with Crippen LogP contribution in [0.5, 0.6) is 11.8 Å². The van der Waals surface area contributed by atoms with E-state index >= 15 is 4.39 Å². The number of ether oxygens (including phenoxy) is 2. The molecule has 0 unspecified atom stereocenters. The smallest absolute Gasteiger partial charge is 0.388 e. The molecular formula is C24H28F3N3O5. The van der Waals surface area contributed by atoms with Gasteiger partial charge in [-0.2, -0.15) is 13.8 Å². The molecule has 0 saturated heterocycles. The van der Waals surface area contributed by atoms with Crippen molar-refractivity contribution in [3.8, 4) is 11.8 Å². The molecular weight excluding hydrogens is 467 g/mol. The fourth-order valence-electron chi connectivity index (χ4n) is 4.22. The number of nitrogens with one attached hydrogen (secondary N) is 1. The van der Waals surface area contributed by atoms with Crippen molar-refractivity contribution in [2.75, 3.05) is 17.3 Å². The summed E-state index contributed by atoms with van der Waals surface area (Å²) < 4.78 is 50.4. The van der Waals surface area contributed by atoms with Gasteiger partial charge in [0.25, 0.3) is 0 Å². The monoisotopic (exact) mass is 495 g/mol. The van der Waals surface area contributed by atoms with Gasteiger partial charge in [0.1, 0.15) is 11.4 Å². The number of urea groups is 1. The maximum absolute atomic E-state index is 15.1. The van der Waals surface area contributed by atoms with Crippen molar-refractivity contribution in [2.45, 2.75) is 57.9 Å². The quantitative estimate of drug-likeness (QED) is 0.496. The summed E-state index contributed by atoms with van der Waals surface area (Å²) in [5.41, 5.74) is -1.36. The molecule has 35 heavy (non-hydrogen) atoms. The van der Waals surface area contributed by atoms with Crippen molar-refractivity contribution < 1.29 is 37.3 Å². The number of aliphatic carboxylic acids is 1. The maximum atomic E-state index is 15.1. The van der Waals surface area contributed by atoms with Crippen molar-refractivity contribution in [2.24, 2.45) is 5.92 Å². The highest BCUT2D eigenvalue weighted by Crippen LogP contribution is 2.38. The van der Waals surface area contributed by atoms with E-state index in [1.54, 1.807) is 24.3 Å². The molecule has 1 fully saturated rings. The Morgan fingerprint density at radius 1 is 1.14 bits per heavy atom. The third-order valence-corrected chi connectivity index (χ3v) is 5.92. The summed E-state index contributed by atoms with van der Waals surface area (Å²) in [6.07, 6.45) is 1.42. The highest BCUT2D eigenvalue weighted by molar-refractivity contribution is 6.03. The van der Waals surface area contributed by atoms with E-state index in [4.69, 9.17) is 4.74 Å². The second-order valence-corrected chi connectivity index (χ2v) is 8.72. The number of nitrogens with zero attached hydrogens (tertiary/aromatic N) is 2. The van der Waals surface area contributed by atoms with Crippen LogP contribution in [-0.4, -0.2) is 41.9 Å². The van der Waals surface area contributed by atoms with E-state index in [0.717, 1.165) is 0 Å². The zero-order chi connectivity index (χ0) is 25.8. The number of hydrogen-bond donors (Lipinski definition) is 2. The van der Waals surface area contributed by atoms with Gasteiger partial charge in [0, 0.05) is 17.7 Å². The van der Waals surface area contributed by atoms with Crippen LogP contribution in [0.25, 0.3) is 0 Å². The molecule has 2 amide bonds. The third-order valence-electron chi connectivity index (χ3n) is 5.92. The maximum Gasteiger partial charge on any atom is 0.388 e. The van der Waals surface area contributed by atoms with Crippen LogP contribution in [0.4, 0.5) is 29.3 Å². The third kappa shape index (κ3) is 6.34. The van der Waals surface area contributed by atoms with E-state index in [2.05, 4.69) is 15.0 Å². The number of amides is 2. The number of para-hydroxylation sites is 1. The Labute approximate surface area is 201 Å². The lowest BCUT2D eigenvalue weighted by molar-refractivity contribution is -0.142. The highest BCUT2D eigenvalue weighted by atomic mass is 19.3. The van der Waals surface area contributed by atoms with Crippen LogP contribution in [-0.2, 0) is 10.5 Å². The standard InChI is InChI=1S/C24H28F3N3O5/c1-24(2,27)16-6-4-5-7-18(16)30(15-10-8-14(9-11-15)21(31)32)23(33)28-17-12-13-19(34-3)29-20(17)35-22(25)26/h4-7,12-15,22H,8-11H2,1-3H3,(H,28,33)(H,31,32). The van der Waals surface area contributed by atoms with E-state index in [9.17, 15) is 23.5 Å². The number of anilines is 2. The van der Waals surface area contributed by atoms with E-state index in [-0.39, 0.29) is 17.1 Å². The van der Waals surface area contributed by atoms with Crippen LogP contribution < -0.4 is 19.7 Å². The molecule has 1 aliphatic carbocycles. The average molecular weight is 495 g/mol. The molecule has 0 spiro atoms. The van der Waals surface area contributed by atoms with Gasteiger partial charge >= 0.3 is 18.6 Å². The topological polar surface area (TPSA) is 101 Å². The first kappa shape index (κ1) is 26.1. The first-order valence-electron chi connectivity index (χ1n) is 11.1. The first-order chi connectivity index (χ1) is 16.5. The van der Waals surface area contributed by atoms with E-state index < -0.39 is 42.1 Å². The summed E-state index contributed by atoms with van der Waals surface area (Å²) >= 11 is 0. The number of aromatic nitrogens is 1. The number of pyridine rings is 1. The predicted molar refractivity (Wildman–Crippen MR) is 123 cm³/mol. The van der Waals surface area contributed by atoms with Gasteiger partial charge in [-0.3, -0.25) is 9.69 Å². The van der Waals surface area contributed by atoms with Crippen LogP contribution in [0.1, 0.15) is 45.1 Å². The minimum Gasteiger partial charge on any atom is -0.481 e. The van der Waals surface area contributed by atoms with Crippen LogP contribution >= 0.6 is 0 Å². The average Bonchev–Trinajstić information content (AvgIpc) is 2.80. The molecule has 0 bridgehead atoms. The summed E-state index contributed by atoms with van der Waals surface area (Å²) in [5.74, 6) is -1.96. The number of carboxylic acids is 1. The molecule has 1 aromatic heterocycles. The zero-order valence-electron chi connectivity index (χ0n) is 19.6. The van der Waals surface area contributed by atoms with Crippen LogP contribution in [0.3, 0.4) is 0 Å². The number of halogens is 3. The van der Waals surface area contributed by atoms with E-state index in [0.29, 0.717) is 31.4 Å². The lowest BCUT2D eigenvalue weighted by atomic mass is 9.84. The number of benzene rings is 1. The summed E-state index contributed by atoms with van der Waals surface area (Å²) in [6.45, 7) is -0.461. The summed E-state index contributed by atoms with van der Waals surface area (Å²) in [7, 11) is 1.30. The second kappa shape index (κ2) is 10.8. The van der Waals surface area contributed by atoms with Gasteiger partial charge in [-0.25, -0.2) is 9.18 Å². The normalized spacial score (nSPS) is 18.1. The number of methoxy groups -OCH3 is 1. The van der Waals surface area contributed by atoms with Crippen LogP contribution in [0, 0.1) is 5.92 Å². The van der Waals surface area contributed by atoms with Crippen LogP contribution in [0.15, 0.2) is 36.4 Å². The van der Waals surface area contributed by atoms with Crippen molar-refractivity contribution in [1.29, 1.82) is 0 Å². The number of alkyl halides is 3. The predicted octanol–water partition coefficient (Wildman–Crippen LogP) is 5.58. The Morgan fingerprint density at radius 2 is 1.80 bits per heavy atom. The Kier molecular flexibility index (Phi) is 8.08. The van der Waals surface area contributed by atoms with Crippen LogP contribution in [0.2, 0.25) is 0 Å². The molecule has 0 atom stereocenters. The fourth-order valence-corrected chi connectivity index (χ4v) is 4.22. The molecule has 1 heterocycles. The van der Waals surface area contributed by atoms with Crippen molar-refractivity contribution in [3.63, 3.8) is 0 Å². The van der Waals surface area contributed by atoms with Gasteiger partial charge < -0.3 is 19.9 Å². The molecule has 2 N–H and O–H groups in total. The molecule has 0 radical (unpaired) electrons. The molecule has 11 heteroatoms. The summed E-state index contributed by atoms with van der Waals surface area (Å²) in [5, 5.41) is 11.9. The Balaban J connectivity index is 1.99. The minimum atomic E-state index is -3.19. The number of carboxylic acid groups (broad SMARTS) is 1. The molecule has 190 valence electrons. The molecule has 1 aliphatic rings. The van der Waals surface area contributed by atoms with Gasteiger partial charge in [0.05, 0.1) is 18.7 Å². The van der Waals surface area contributed by atoms with Gasteiger partial charge in [-0.05, 0) is 51.7 Å². The van der Waals surface area contributed by atoms with Gasteiger partial charge in [0.2, 0.25) is 11.8 Å². The second-order valence-electron chi connectivity index (χ2n) is 8.72. The Hall–Kier alpha value is -3.50. The molecule has 8 nitrogen and oxygen atoms in total. The van der Waals surface area contributed by atoms with Crippen molar-refractivity contribution in [1.82, 2.24) is 4.98 Å². The highest BCUT2D eigenvalue weighted by Gasteiger charge is 2.36. The van der Waals surface area contributed by atoms with Crippen molar-refractivity contribution in [3.05, 3.63) is 42.0 Å². The molecule has 0 aliphatic heterocycles. The van der Waals surface area contributed by atoms with Gasteiger partial charge in [-0.15, -0.1) is 0 Å². The minimum absolute atomic E-state index is 0.00650. The number of rotatable bonds is 8.